The Balaban J connectivity index is 3.26. The summed E-state index contributed by atoms with van der Waals surface area (Å²) < 4.78 is 5.80. The number of rotatable bonds is 1. The van der Waals surface area contributed by atoms with E-state index < -0.39 is 5.97 Å². The third kappa shape index (κ3) is 2.25. The van der Waals surface area contributed by atoms with Gasteiger partial charge in [0.15, 0.2) is 0 Å². The van der Waals surface area contributed by atoms with Crippen LogP contribution in [0.4, 0.5) is 0 Å². The van der Waals surface area contributed by atoms with Crippen molar-refractivity contribution >= 4 is 51.2 Å². The molecule has 0 fully saturated rings. The summed E-state index contributed by atoms with van der Waals surface area (Å²) in [4.78, 5) is 11.2. The van der Waals surface area contributed by atoms with E-state index in [1.54, 1.807) is 12.1 Å². The van der Waals surface area contributed by atoms with Gasteiger partial charge in [0.1, 0.15) is 5.75 Å². The second kappa shape index (κ2) is 4.45. The Morgan fingerprint density at radius 2 is 2.08 bits per heavy atom. The number of hydrogen-bond acceptors (Lipinski definition) is 3. The molecule has 13 heavy (non-hydrogen) atoms. The van der Waals surface area contributed by atoms with Gasteiger partial charge in [0, 0.05) is 0 Å². The largest absolute Gasteiger partial charge is 0.506 e. The van der Waals surface area contributed by atoms with Crippen molar-refractivity contribution in [2.75, 3.05) is 7.11 Å². The third-order valence-electron chi connectivity index (χ3n) is 1.47. The van der Waals surface area contributed by atoms with E-state index in [-0.39, 0.29) is 5.75 Å². The summed E-state index contributed by atoms with van der Waals surface area (Å²) in [5.41, 5.74) is 0.390. The van der Waals surface area contributed by atoms with Crippen LogP contribution in [0, 0.1) is 7.14 Å². The molecule has 1 aromatic carbocycles. The smallest absolute Gasteiger partial charge is 0.339 e. The number of carbonyl (C=O) groups is 1. The zero-order valence-corrected chi connectivity index (χ0v) is 11.0. The number of hydrogen-bond donors (Lipinski definition) is 1. The summed E-state index contributed by atoms with van der Waals surface area (Å²) in [6, 6.07) is 3.30. The van der Waals surface area contributed by atoms with Crippen molar-refractivity contribution in [2.24, 2.45) is 0 Å². The lowest BCUT2D eigenvalue weighted by molar-refractivity contribution is 0.0599. The fourth-order valence-electron chi connectivity index (χ4n) is 0.809. The van der Waals surface area contributed by atoms with E-state index in [0.717, 1.165) is 3.57 Å². The molecule has 0 aliphatic rings. The Hall–Kier alpha value is -0.0500. The Morgan fingerprint density at radius 1 is 1.46 bits per heavy atom. The van der Waals surface area contributed by atoms with Crippen LogP contribution < -0.4 is 0 Å². The highest BCUT2D eigenvalue weighted by molar-refractivity contribution is 14.1. The van der Waals surface area contributed by atoms with Crippen molar-refractivity contribution in [2.45, 2.75) is 0 Å². The maximum atomic E-state index is 11.2. The molecule has 1 rings (SSSR count). The molecule has 3 nitrogen and oxygen atoms in total. The van der Waals surface area contributed by atoms with Crippen LogP contribution in [0.15, 0.2) is 12.1 Å². The minimum atomic E-state index is -0.434. The number of methoxy groups -OCH3 is 1. The molecule has 0 amide bonds. The van der Waals surface area contributed by atoms with Crippen LogP contribution in [0.3, 0.4) is 0 Å². The monoisotopic (exact) mass is 404 g/mol. The van der Waals surface area contributed by atoms with Crippen LogP contribution in [-0.2, 0) is 4.74 Å². The van der Waals surface area contributed by atoms with Crippen LogP contribution >= 0.6 is 45.2 Å². The molecule has 0 atom stereocenters. The number of phenolic OH excluding ortho intramolecular Hbond substituents is 1. The summed E-state index contributed by atoms with van der Waals surface area (Å²) in [7, 11) is 1.31. The lowest BCUT2D eigenvalue weighted by Crippen LogP contribution is -2.04. The van der Waals surface area contributed by atoms with E-state index in [1.165, 1.54) is 7.11 Å². The predicted molar refractivity (Wildman–Crippen MR) is 64.9 cm³/mol. The van der Waals surface area contributed by atoms with Gasteiger partial charge in [0.05, 0.1) is 19.8 Å². The first kappa shape index (κ1) is 11.0. The Labute approximate surface area is 103 Å². The highest BCUT2D eigenvalue weighted by atomic mass is 127. The van der Waals surface area contributed by atoms with Gasteiger partial charge in [-0.2, -0.15) is 0 Å². The van der Waals surface area contributed by atoms with Crippen molar-refractivity contribution < 1.29 is 14.6 Å². The number of benzene rings is 1. The van der Waals surface area contributed by atoms with Crippen LogP contribution in [0.5, 0.6) is 5.75 Å². The molecular weight excluding hydrogens is 398 g/mol. The molecule has 5 heteroatoms. The standard InChI is InChI=1S/C8H6I2O3/c1-13-8(12)4-2-3-5(9)7(11)6(4)10/h2-3,11H,1H3. The van der Waals surface area contributed by atoms with Crippen LogP contribution in [0.2, 0.25) is 0 Å². The fraction of sp³-hybridized carbons (Fsp3) is 0.125. The quantitative estimate of drug-likeness (QED) is 0.578. The van der Waals surface area contributed by atoms with E-state index in [4.69, 9.17) is 0 Å². The van der Waals surface area contributed by atoms with E-state index in [0.29, 0.717) is 9.13 Å². The number of aromatic hydroxyl groups is 1. The van der Waals surface area contributed by atoms with Gasteiger partial charge in [-0.15, -0.1) is 0 Å². The second-order valence-corrected chi connectivity index (χ2v) is 4.49. The minimum absolute atomic E-state index is 0.129. The minimum Gasteiger partial charge on any atom is -0.506 e. The molecule has 0 saturated carbocycles. The van der Waals surface area contributed by atoms with E-state index in [2.05, 4.69) is 4.74 Å². The van der Waals surface area contributed by atoms with Crippen LogP contribution in [0.1, 0.15) is 10.4 Å². The number of carbonyl (C=O) groups excluding carboxylic acids is 1. The highest BCUT2D eigenvalue weighted by Gasteiger charge is 2.14. The molecule has 0 bridgehead atoms. The van der Waals surface area contributed by atoms with Crippen molar-refractivity contribution in [1.29, 1.82) is 0 Å². The molecule has 0 heterocycles. The molecule has 1 aromatic rings. The van der Waals surface area contributed by atoms with Crippen LogP contribution in [0.25, 0.3) is 0 Å². The lowest BCUT2D eigenvalue weighted by atomic mass is 10.2. The predicted octanol–water partition coefficient (Wildman–Crippen LogP) is 2.39. The molecule has 70 valence electrons. The maximum Gasteiger partial charge on any atom is 0.339 e. The van der Waals surface area contributed by atoms with E-state index in [9.17, 15) is 9.90 Å². The van der Waals surface area contributed by atoms with Gasteiger partial charge in [-0.3, -0.25) is 0 Å². The molecule has 0 aliphatic carbocycles. The Bertz CT molecular complexity index is 349. The molecule has 0 aromatic heterocycles. The first-order valence-corrected chi connectivity index (χ1v) is 5.49. The van der Waals surface area contributed by atoms with Gasteiger partial charge in [-0.05, 0) is 57.3 Å². The average Bonchev–Trinajstić information content (AvgIpc) is 2.13. The number of ether oxygens (including phenoxy) is 1. The fourth-order valence-corrected chi connectivity index (χ4v) is 2.46. The number of halogens is 2. The normalized spacial score (nSPS) is 9.77. The van der Waals surface area contributed by atoms with Crippen molar-refractivity contribution in [3.63, 3.8) is 0 Å². The highest BCUT2D eigenvalue weighted by Crippen LogP contribution is 2.28. The van der Waals surface area contributed by atoms with E-state index in [1.807, 2.05) is 45.2 Å². The topological polar surface area (TPSA) is 46.5 Å². The first-order valence-electron chi connectivity index (χ1n) is 3.33. The number of phenols is 1. The molecule has 0 aliphatic heterocycles. The Morgan fingerprint density at radius 3 is 2.62 bits per heavy atom. The molecular formula is C8H6I2O3. The zero-order valence-electron chi connectivity index (χ0n) is 6.67. The summed E-state index contributed by atoms with van der Waals surface area (Å²) in [5.74, 6) is -0.305. The zero-order chi connectivity index (χ0) is 10.0. The van der Waals surface area contributed by atoms with Crippen LogP contribution in [-0.4, -0.2) is 18.2 Å². The summed E-state index contributed by atoms with van der Waals surface area (Å²) in [5, 5.41) is 9.51. The number of esters is 1. The summed E-state index contributed by atoms with van der Waals surface area (Å²) in [6.45, 7) is 0. The maximum absolute atomic E-state index is 11.2. The lowest BCUT2D eigenvalue weighted by Gasteiger charge is -2.05. The average molecular weight is 404 g/mol. The van der Waals surface area contributed by atoms with Gasteiger partial charge >= 0.3 is 5.97 Å². The molecule has 0 saturated heterocycles. The van der Waals surface area contributed by atoms with E-state index >= 15 is 0 Å². The summed E-state index contributed by atoms with van der Waals surface area (Å²) in [6.07, 6.45) is 0. The molecule has 0 spiro atoms. The third-order valence-corrected chi connectivity index (χ3v) is 3.43. The summed E-state index contributed by atoms with van der Waals surface area (Å²) >= 11 is 3.91. The van der Waals surface area contributed by atoms with Gasteiger partial charge in [-0.1, -0.05) is 0 Å². The molecule has 1 N–H and O–H groups in total. The molecule has 0 unspecified atom stereocenters. The van der Waals surface area contributed by atoms with Gasteiger partial charge in [0.2, 0.25) is 0 Å². The Kier molecular flexibility index (Phi) is 3.77. The first-order chi connectivity index (χ1) is 6.07. The van der Waals surface area contributed by atoms with Gasteiger partial charge in [0.25, 0.3) is 0 Å². The van der Waals surface area contributed by atoms with Gasteiger partial charge in [-0.25, -0.2) is 4.79 Å². The molecule has 0 radical (unpaired) electrons. The SMILES string of the molecule is COC(=O)c1ccc(I)c(O)c1I. The second-order valence-electron chi connectivity index (χ2n) is 2.25. The van der Waals surface area contributed by atoms with Crippen molar-refractivity contribution in [1.82, 2.24) is 0 Å². The van der Waals surface area contributed by atoms with Crippen molar-refractivity contribution in [3.8, 4) is 5.75 Å². The van der Waals surface area contributed by atoms with Gasteiger partial charge < -0.3 is 9.84 Å². The van der Waals surface area contributed by atoms with Crippen molar-refractivity contribution in [3.05, 3.63) is 24.8 Å².